The number of alkyl halides is 3. The van der Waals surface area contributed by atoms with E-state index in [1.807, 2.05) is 6.92 Å². The molecule has 11 heteroatoms. The molecule has 6 rings (SSSR count). The molecule has 3 fully saturated rings. The maximum atomic E-state index is 13.9. The van der Waals surface area contributed by atoms with E-state index in [9.17, 15) is 32.9 Å². The van der Waals surface area contributed by atoms with Crippen LogP contribution >= 0.6 is 0 Å². The van der Waals surface area contributed by atoms with Gasteiger partial charge < -0.3 is 9.47 Å². The molecule has 2 bridgehead atoms. The predicted molar refractivity (Wildman–Crippen MR) is 133 cm³/mol. The molecular formula is C28H23F3N2O6. The van der Waals surface area contributed by atoms with Gasteiger partial charge >= 0.3 is 6.18 Å². The van der Waals surface area contributed by atoms with E-state index in [-0.39, 0.29) is 24.5 Å². The normalized spacial score (nSPS) is 27.8. The van der Waals surface area contributed by atoms with Crippen molar-refractivity contribution < 1.29 is 37.2 Å². The summed E-state index contributed by atoms with van der Waals surface area (Å²) in [6.45, 7) is 1.89. The number of hydrogen-bond donors (Lipinski definition) is 0. The van der Waals surface area contributed by atoms with Crippen molar-refractivity contribution in [2.75, 3.05) is 11.5 Å². The van der Waals surface area contributed by atoms with Gasteiger partial charge in [-0.25, -0.2) is 4.90 Å². The highest BCUT2D eigenvalue weighted by Crippen LogP contribution is 2.62. The summed E-state index contributed by atoms with van der Waals surface area (Å²) >= 11 is 0. The minimum absolute atomic E-state index is 0.0760. The fraction of sp³-hybridized carbons (Fsp3) is 0.357. The Kier molecular flexibility index (Phi) is 5.52. The average molecular weight is 540 g/mol. The molecule has 2 unspecified atom stereocenters. The van der Waals surface area contributed by atoms with Crippen LogP contribution in [0, 0.1) is 22.0 Å². The van der Waals surface area contributed by atoms with Gasteiger partial charge in [0.25, 0.3) is 5.69 Å². The summed E-state index contributed by atoms with van der Waals surface area (Å²) in [5.74, 6) is -2.08. The Morgan fingerprint density at radius 1 is 1.00 bits per heavy atom. The minimum Gasteiger partial charge on any atom is -0.493 e. The number of amides is 2. The van der Waals surface area contributed by atoms with E-state index in [1.165, 1.54) is 24.3 Å². The molecule has 3 heterocycles. The van der Waals surface area contributed by atoms with Gasteiger partial charge in [-0.1, -0.05) is 18.2 Å². The van der Waals surface area contributed by atoms with E-state index >= 15 is 0 Å². The van der Waals surface area contributed by atoms with Crippen molar-refractivity contribution >= 4 is 34.0 Å². The molecule has 2 amide bonds. The van der Waals surface area contributed by atoms with E-state index < -0.39 is 51.5 Å². The Morgan fingerprint density at radius 3 is 2.33 bits per heavy atom. The van der Waals surface area contributed by atoms with Crippen LogP contribution in [0.25, 0.3) is 10.8 Å². The maximum absolute atomic E-state index is 13.9. The van der Waals surface area contributed by atoms with Crippen molar-refractivity contribution in [1.82, 2.24) is 0 Å². The number of rotatable bonds is 6. The second kappa shape index (κ2) is 8.51. The molecule has 202 valence electrons. The SMILES string of the molecule is CC12CCC(CCOc3ccc(C(F)(F)F)cc3)(O1)[C@@H]1C(=O)N(c3ccc([N+](=O)[O-])c4ccccc34)C(=O)[C@@H]12. The molecule has 0 saturated carbocycles. The summed E-state index contributed by atoms with van der Waals surface area (Å²) in [5.41, 5.74) is -2.45. The van der Waals surface area contributed by atoms with E-state index in [0.29, 0.717) is 29.3 Å². The highest BCUT2D eigenvalue weighted by molar-refractivity contribution is 6.26. The first kappa shape index (κ1) is 25.3. The zero-order valence-electron chi connectivity index (χ0n) is 20.7. The molecule has 0 aromatic heterocycles. The number of benzene rings is 3. The molecule has 4 atom stereocenters. The third-order valence-corrected chi connectivity index (χ3v) is 8.30. The lowest BCUT2D eigenvalue weighted by Gasteiger charge is -2.31. The second-order valence-corrected chi connectivity index (χ2v) is 10.5. The Morgan fingerprint density at radius 2 is 1.67 bits per heavy atom. The van der Waals surface area contributed by atoms with Gasteiger partial charge in [0.2, 0.25) is 11.8 Å². The first-order chi connectivity index (χ1) is 18.5. The summed E-state index contributed by atoms with van der Waals surface area (Å²) < 4.78 is 50.7. The number of imide groups is 1. The standard InChI is InChI=1S/C28H23F3N2O6/c1-26-12-13-27(39-26,14-15-38-17-8-6-16(7-9-17)28(29,30)31)23-22(26)24(34)32(25(23)35)20-10-11-21(33(36)37)19-5-3-2-4-18(19)20/h2-11,22-23H,12-15H2,1H3/t22-,23+,26?,27?/m1/s1. The van der Waals surface area contributed by atoms with Crippen LogP contribution in [0.15, 0.2) is 60.7 Å². The molecule has 3 aromatic carbocycles. The van der Waals surface area contributed by atoms with Crippen molar-refractivity contribution in [2.24, 2.45) is 11.8 Å². The number of nitrogens with zero attached hydrogens (tertiary/aromatic N) is 2. The molecule has 3 aromatic rings. The van der Waals surface area contributed by atoms with Crippen LogP contribution in [0.3, 0.4) is 0 Å². The number of carbonyl (C=O) groups excluding carboxylic acids is 2. The number of non-ortho nitro benzene ring substituents is 1. The van der Waals surface area contributed by atoms with Gasteiger partial charge in [-0.15, -0.1) is 0 Å². The number of anilines is 1. The number of ether oxygens (including phenoxy) is 2. The van der Waals surface area contributed by atoms with Crippen molar-refractivity contribution in [3.05, 3.63) is 76.3 Å². The van der Waals surface area contributed by atoms with E-state index in [0.717, 1.165) is 17.0 Å². The van der Waals surface area contributed by atoms with Gasteiger partial charge in [-0.05, 0) is 56.2 Å². The molecule has 0 radical (unpaired) electrons. The smallest absolute Gasteiger partial charge is 0.416 e. The van der Waals surface area contributed by atoms with Gasteiger partial charge in [0.1, 0.15) is 5.75 Å². The average Bonchev–Trinajstić information content (AvgIpc) is 3.47. The zero-order valence-corrected chi connectivity index (χ0v) is 20.7. The van der Waals surface area contributed by atoms with Crippen LogP contribution in [-0.2, 0) is 20.5 Å². The predicted octanol–water partition coefficient (Wildman–Crippen LogP) is 5.66. The molecule has 3 aliphatic rings. The minimum atomic E-state index is -4.45. The number of halogens is 3. The third-order valence-electron chi connectivity index (χ3n) is 8.30. The molecular weight excluding hydrogens is 517 g/mol. The fourth-order valence-corrected chi connectivity index (χ4v) is 6.55. The summed E-state index contributed by atoms with van der Waals surface area (Å²) in [6.07, 6.45) is -3.11. The van der Waals surface area contributed by atoms with Crippen LogP contribution in [-0.4, -0.2) is 34.5 Å². The van der Waals surface area contributed by atoms with Crippen molar-refractivity contribution in [2.45, 2.75) is 43.6 Å². The molecule has 0 N–H and O–H groups in total. The van der Waals surface area contributed by atoms with Gasteiger partial charge in [-0.2, -0.15) is 13.2 Å². The number of fused-ring (bicyclic) bond motifs is 6. The van der Waals surface area contributed by atoms with E-state index in [4.69, 9.17) is 9.47 Å². The maximum Gasteiger partial charge on any atom is 0.416 e. The third kappa shape index (κ3) is 3.78. The van der Waals surface area contributed by atoms with Crippen LogP contribution in [0.4, 0.5) is 24.5 Å². The highest BCUT2D eigenvalue weighted by atomic mass is 19.4. The van der Waals surface area contributed by atoms with Crippen LogP contribution in [0.2, 0.25) is 0 Å². The number of carbonyl (C=O) groups is 2. The zero-order chi connectivity index (χ0) is 27.7. The molecule has 0 aliphatic carbocycles. The fourth-order valence-electron chi connectivity index (χ4n) is 6.55. The second-order valence-electron chi connectivity index (χ2n) is 10.5. The van der Waals surface area contributed by atoms with Crippen LogP contribution in [0.5, 0.6) is 5.75 Å². The van der Waals surface area contributed by atoms with Crippen LogP contribution < -0.4 is 9.64 Å². The Bertz CT molecular complexity index is 1520. The Labute approximate surface area is 220 Å². The topological polar surface area (TPSA) is 99.0 Å². The molecule has 3 saturated heterocycles. The van der Waals surface area contributed by atoms with E-state index in [1.54, 1.807) is 24.3 Å². The molecule has 39 heavy (non-hydrogen) atoms. The largest absolute Gasteiger partial charge is 0.493 e. The van der Waals surface area contributed by atoms with Gasteiger partial charge in [-0.3, -0.25) is 19.7 Å². The highest BCUT2D eigenvalue weighted by Gasteiger charge is 2.73. The quantitative estimate of drug-likeness (QED) is 0.227. The lowest BCUT2D eigenvalue weighted by Crippen LogP contribution is -2.43. The van der Waals surface area contributed by atoms with Gasteiger partial charge in [0, 0.05) is 17.9 Å². The molecule has 3 aliphatic heterocycles. The summed E-state index contributed by atoms with van der Waals surface area (Å²) in [5, 5.41) is 12.3. The van der Waals surface area contributed by atoms with E-state index in [2.05, 4.69) is 0 Å². The first-order valence-corrected chi connectivity index (χ1v) is 12.5. The van der Waals surface area contributed by atoms with Crippen molar-refractivity contribution in [3.63, 3.8) is 0 Å². The summed E-state index contributed by atoms with van der Waals surface area (Å²) in [7, 11) is 0. The summed E-state index contributed by atoms with van der Waals surface area (Å²) in [4.78, 5) is 39.9. The summed E-state index contributed by atoms with van der Waals surface area (Å²) in [6, 6.07) is 13.7. The van der Waals surface area contributed by atoms with Crippen LogP contribution in [0.1, 0.15) is 31.7 Å². The van der Waals surface area contributed by atoms with Crippen molar-refractivity contribution in [1.29, 1.82) is 0 Å². The number of hydrogen-bond acceptors (Lipinski definition) is 6. The number of nitro groups is 1. The van der Waals surface area contributed by atoms with Gasteiger partial charge in [0.15, 0.2) is 0 Å². The lowest BCUT2D eigenvalue weighted by atomic mass is 9.67. The first-order valence-electron chi connectivity index (χ1n) is 12.5. The Hall–Kier alpha value is -3.99. The Balaban J connectivity index is 1.28. The van der Waals surface area contributed by atoms with Gasteiger partial charge in [0.05, 0.1) is 51.2 Å². The number of nitro benzene ring substituents is 1. The monoisotopic (exact) mass is 540 g/mol. The lowest BCUT2D eigenvalue weighted by molar-refractivity contribution is -0.383. The molecule has 8 nitrogen and oxygen atoms in total. The molecule has 0 spiro atoms. The van der Waals surface area contributed by atoms with Crippen molar-refractivity contribution in [3.8, 4) is 5.75 Å².